The highest BCUT2D eigenvalue weighted by molar-refractivity contribution is 7.99. The van der Waals surface area contributed by atoms with Crippen molar-refractivity contribution in [3.8, 4) is 5.69 Å². The maximum Gasteiger partial charge on any atom is 0.225 e. The van der Waals surface area contributed by atoms with Gasteiger partial charge in [0.15, 0.2) is 0 Å². The number of amides is 1. The molecule has 1 aromatic carbocycles. The highest BCUT2D eigenvalue weighted by Gasteiger charge is 2.17. The predicted octanol–water partition coefficient (Wildman–Crippen LogP) is 2.89. The number of rotatable bonds is 4. The van der Waals surface area contributed by atoms with Crippen LogP contribution in [-0.2, 0) is 4.79 Å². The van der Waals surface area contributed by atoms with Crippen LogP contribution < -0.4 is 10.6 Å². The molecular weight excluding hydrogens is 374 g/mol. The zero-order valence-electron chi connectivity index (χ0n) is 12.8. The summed E-state index contributed by atoms with van der Waals surface area (Å²) in [5, 5.41) is 6.06. The minimum Gasteiger partial charge on any atom is -0.326 e. The molecule has 1 saturated heterocycles. The Balaban J connectivity index is 0.00000144. The first-order valence-corrected chi connectivity index (χ1v) is 8.27. The lowest BCUT2D eigenvalue weighted by atomic mass is 10.2. The monoisotopic (exact) mass is 392 g/mol. The Kier molecular flexibility index (Phi) is 8.55. The van der Waals surface area contributed by atoms with Crippen LogP contribution in [0, 0.1) is 5.82 Å². The normalized spacial score (nSPS) is 16.6. The van der Waals surface area contributed by atoms with E-state index in [1.54, 1.807) is 29.1 Å². The van der Waals surface area contributed by atoms with Crippen molar-refractivity contribution in [3.63, 3.8) is 0 Å². The second-order valence-electron chi connectivity index (χ2n) is 5.11. The molecule has 2 heterocycles. The lowest BCUT2D eigenvalue weighted by molar-refractivity contribution is -0.116. The van der Waals surface area contributed by atoms with Gasteiger partial charge >= 0.3 is 0 Å². The van der Waals surface area contributed by atoms with Crippen molar-refractivity contribution in [1.29, 1.82) is 0 Å². The molecule has 2 N–H and O–H groups in total. The van der Waals surface area contributed by atoms with Crippen molar-refractivity contribution in [2.45, 2.75) is 12.5 Å². The first kappa shape index (κ1) is 20.8. The molecule has 0 saturated carbocycles. The van der Waals surface area contributed by atoms with Crippen molar-refractivity contribution in [2.75, 3.05) is 23.4 Å². The third-order valence-electron chi connectivity index (χ3n) is 3.44. The SMILES string of the molecule is Cl.Cl.O=C(CC1CSCCN1)Nc1ccc(-n2ccnc2)c(F)c1. The first-order chi connectivity index (χ1) is 10.7. The molecule has 0 aliphatic carbocycles. The number of nitrogens with zero attached hydrogens (tertiary/aromatic N) is 2. The van der Waals surface area contributed by atoms with Gasteiger partial charge in [-0.1, -0.05) is 0 Å². The van der Waals surface area contributed by atoms with Crippen LogP contribution in [0.15, 0.2) is 36.9 Å². The van der Waals surface area contributed by atoms with Gasteiger partial charge in [0, 0.05) is 48.6 Å². The summed E-state index contributed by atoms with van der Waals surface area (Å²) in [6, 6.07) is 4.84. The van der Waals surface area contributed by atoms with Crippen LogP contribution in [0.4, 0.5) is 10.1 Å². The molecule has 1 aliphatic rings. The minimum absolute atomic E-state index is 0. The maximum absolute atomic E-state index is 14.1. The molecule has 0 radical (unpaired) electrons. The summed E-state index contributed by atoms with van der Waals surface area (Å²) in [6.07, 6.45) is 5.19. The van der Waals surface area contributed by atoms with E-state index in [0.717, 1.165) is 18.1 Å². The molecule has 24 heavy (non-hydrogen) atoms. The van der Waals surface area contributed by atoms with Crippen LogP contribution in [0.5, 0.6) is 0 Å². The molecule has 5 nitrogen and oxygen atoms in total. The Labute approximate surface area is 156 Å². The molecule has 1 aliphatic heterocycles. The van der Waals surface area contributed by atoms with E-state index in [-0.39, 0.29) is 36.8 Å². The topological polar surface area (TPSA) is 59.0 Å². The number of nitrogens with one attached hydrogen (secondary N) is 2. The van der Waals surface area contributed by atoms with Gasteiger partial charge in [-0.15, -0.1) is 24.8 Å². The van der Waals surface area contributed by atoms with Crippen LogP contribution >= 0.6 is 36.6 Å². The Morgan fingerprint density at radius 2 is 2.29 bits per heavy atom. The molecule has 1 amide bonds. The summed E-state index contributed by atoms with van der Waals surface area (Å²) in [6.45, 7) is 0.927. The Hall–Kier alpha value is -1.28. The van der Waals surface area contributed by atoms with Crippen molar-refractivity contribution >= 4 is 48.2 Å². The molecule has 3 rings (SSSR count). The van der Waals surface area contributed by atoms with Gasteiger partial charge in [-0.05, 0) is 18.2 Å². The number of benzene rings is 1. The summed E-state index contributed by atoms with van der Waals surface area (Å²) in [5.74, 6) is 1.51. The molecule has 1 fully saturated rings. The Morgan fingerprint density at radius 1 is 1.46 bits per heavy atom. The number of imidazole rings is 1. The van der Waals surface area contributed by atoms with Crippen molar-refractivity contribution in [3.05, 3.63) is 42.7 Å². The number of carbonyl (C=O) groups excluding carboxylic acids is 1. The fourth-order valence-corrected chi connectivity index (χ4v) is 3.33. The molecule has 0 bridgehead atoms. The fraction of sp³-hybridized carbons (Fsp3) is 0.333. The van der Waals surface area contributed by atoms with Crippen LogP contribution in [-0.4, -0.2) is 39.6 Å². The van der Waals surface area contributed by atoms with Gasteiger partial charge in [-0.2, -0.15) is 11.8 Å². The van der Waals surface area contributed by atoms with E-state index in [2.05, 4.69) is 15.6 Å². The standard InChI is InChI=1S/C15H17FN4OS.2ClH/c16-13-7-11(1-2-14(13)20-5-3-17-10-20)19-15(21)8-12-9-22-6-4-18-12;;/h1-3,5,7,10,12,18H,4,6,8-9H2,(H,19,21);2*1H. The van der Waals surface area contributed by atoms with E-state index in [1.807, 2.05) is 11.8 Å². The number of hydrogen-bond donors (Lipinski definition) is 2. The molecule has 2 aromatic rings. The van der Waals surface area contributed by atoms with E-state index in [4.69, 9.17) is 0 Å². The molecule has 132 valence electrons. The quantitative estimate of drug-likeness (QED) is 0.839. The van der Waals surface area contributed by atoms with E-state index in [9.17, 15) is 9.18 Å². The number of anilines is 1. The van der Waals surface area contributed by atoms with Gasteiger partial charge in [0.05, 0.1) is 12.0 Å². The van der Waals surface area contributed by atoms with Crippen molar-refractivity contribution in [1.82, 2.24) is 14.9 Å². The lowest BCUT2D eigenvalue weighted by Crippen LogP contribution is -2.39. The highest BCUT2D eigenvalue weighted by Crippen LogP contribution is 2.19. The van der Waals surface area contributed by atoms with Crippen molar-refractivity contribution in [2.24, 2.45) is 0 Å². The van der Waals surface area contributed by atoms with Gasteiger partial charge in [0.1, 0.15) is 5.82 Å². The van der Waals surface area contributed by atoms with Gasteiger partial charge in [0.2, 0.25) is 5.91 Å². The highest BCUT2D eigenvalue weighted by atomic mass is 35.5. The second kappa shape index (κ2) is 9.88. The number of halogens is 3. The summed E-state index contributed by atoms with van der Waals surface area (Å²) >= 11 is 1.84. The third kappa shape index (κ3) is 5.37. The smallest absolute Gasteiger partial charge is 0.225 e. The van der Waals surface area contributed by atoms with Gasteiger partial charge in [0.25, 0.3) is 0 Å². The van der Waals surface area contributed by atoms with Gasteiger partial charge in [-0.3, -0.25) is 4.79 Å². The van der Waals surface area contributed by atoms with E-state index >= 15 is 0 Å². The number of hydrogen-bond acceptors (Lipinski definition) is 4. The summed E-state index contributed by atoms with van der Waals surface area (Å²) in [5.41, 5.74) is 0.871. The molecule has 1 unspecified atom stereocenters. The first-order valence-electron chi connectivity index (χ1n) is 7.11. The maximum atomic E-state index is 14.1. The molecule has 9 heteroatoms. The van der Waals surface area contributed by atoms with Crippen LogP contribution in [0.2, 0.25) is 0 Å². The van der Waals surface area contributed by atoms with Crippen LogP contribution in [0.1, 0.15) is 6.42 Å². The summed E-state index contributed by atoms with van der Waals surface area (Å²) in [7, 11) is 0. The molecular formula is C15H19Cl2FN4OS. The number of aromatic nitrogens is 2. The predicted molar refractivity (Wildman–Crippen MR) is 100 cm³/mol. The van der Waals surface area contributed by atoms with Crippen LogP contribution in [0.25, 0.3) is 5.69 Å². The zero-order valence-corrected chi connectivity index (χ0v) is 15.2. The van der Waals surface area contributed by atoms with Gasteiger partial charge in [-0.25, -0.2) is 9.37 Å². The second-order valence-corrected chi connectivity index (χ2v) is 6.26. The third-order valence-corrected chi connectivity index (χ3v) is 4.58. The number of carbonyl (C=O) groups is 1. The molecule has 1 atom stereocenters. The average Bonchev–Trinajstić information content (AvgIpc) is 3.02. The van der Waals surface area contributed by atoms with Gasteiger partial charge < -0.3 is 15.2 Å². The minimum atomic E-state index is -0.401. The van der Waals surface area contributed by atoms with E-state index in [1.165, 1.54) is 12.4 Å². The Morgan fingerprint density at radius 3 is 2.92 bits per heavy atom. The largest absolute Gasteiger partial charge is 0.326 e. The summed E-state index contributed by atoms with van der Waals surface area (Å²) < 4.78 is 15.7. The van der Waals surface area contributed by atoms with E-state index < -0.39 is 5.82 Å². The lowest BCUT2D eigenvalue weighted by Gasteiger charge is -2.22. The van der Waals surface area contributed by atoms with Crippen molar-refractivity contribution < 1.29 is 9.18 Å². The Bertz CT molecular complexity index is 651. The molecule has 0 spiro atoms. The fourth-order valence-electron chi connectivity index (χ4n) is 2.38. The zero-order chi connectivity index (χ0) is 15.4. The van der Waals surface area contributed by atoms with Crippen LogP contribution in [0.3, 0.4) is 0 Å². The average molecular weight is 393 g/mol. The summed E-state index contributed by atoms with van der Waals surface area (Å²) in [4.78, 5) is 15.9. The van der Waals surface area contributed by atoms with E-state index in [0.29, 0.717) is 17.8 Å². The molecule has 1 aromatic heterocycles. The number of thioether (sulfide) groups is 1.